The fourth-order valence-electron chi connectivity index (χ4n) is 3.19. The molecule has 2 aromatic heterocycles. The van der Waals surface area contributed by atoms with E-state index in [2.05, 4.69) is 96.5 Å². The van der Waals surface area contributed by atoms with E-state index in [0.717, 1.165) is 22.3 Å². The fourth-order valence-corrected chi connectivity index (χ4v) is 3.19. The molecule has 0 fully saturated rings. The molecule has 0 spiro atoms. The van der Waals surface area contributed by atoms with E-state index in [1.165, 1.54) is 11.1 Å². The monoisotopic (exact) mass is 438 g/mol. The van der Waals surface area contributed by atoms with Gasteiger partial charge in [-0.3, -0.25) is 0 Å². The summed E-state index contributed by atoms with van der Waals surface area (Å²) in [6, 6.07) is 24.7. The quantitative estimate of drug-likeness (QED) is 0.310. The van der Waals surface area contributed by atoms with E-state index in [1.807, 2.05) is 72.3 Å². The molecule has 0 atom stereocenters. The number of benzene rings is 2. The molecule has 0 saturated heterocycles. The number of aromatic nitrogens is 2. The Hall–Kier alpha value is -4.66. The molecule has 2 heterocycles. The second-order valence-corrected chi connectivity index (χ2v) is 8.00. The van der Waals surface area contributed by atoms with E-state index in [4.69, 9.17) is 0 Å². The summed E-state index contributed by atoms with van der Waals surface area (Å²) in [5.41, 5.74) is 6.53. The van der Waals surface area contributed by atoms with Gasteiger partial charge in [-0.15, -0.1) is 0 Å². The third-order valence-corrected chi connectivity index (χ3v) is 5.24. The van der Waals surface area contributed by atoms with E-state index >= 15 is 0 Å². The molecule has 0 unspecified atom stereocenters. The molecule has 0 saturated carbocycles. The van der Waals surface area contributed by atoms with Gasteiger partial charge in [-0.1, -0.05) is 60.4 Å². The summed E-state index contributed by atoms with van der Waals surface area (Å²) < 4.78 is 4.04. The lowest BCUT2D eigenvalue weighted by molar-refractivity contribution is -0.671. The standard InChI is InChI=1S/C32H26N2/c1-33-23-19-31(20-24-33)17-15-29-11-7-27(8-12-29)5-3-4-6-28-9-13-30(14-10-28)16-18-32-21-25-34(2)26-22-32/h7-26H,1-2H3/q+2/b17-15-,18-16-. The number of hydrogen-bond acceptors (Lipinski definition) is 0. The maximum absolute atomic E-state index is 3.11. The van der Waals surface area contributed by atoms with E-state index < -0.39 is 0 Å². The molecule has 34 heavy (non-hydrogen) atoms. The van der Waals surface area contributed by atoms with E-state index in [1.54, 1.807) is 0 Å². The van der Waals surface area contributed by atoms with Crippen LogP contribution in [0.1, 0.15) is 33.4 Å². The zero-order valence-corrected chi connectivity index (χ0v) is 19.4. The molecule has 2 nitrogen and oxygen atoms in total. The molecule has 4 aromatic rings. The van der Waals surface area contributed by atoms with Crippen LogP contribution in [0, 0.1) is 23.7 Å². The van der Waals surface area contributed by atoms with Gasteiger partial charge in [0, 0.05) is 35.4 Å². The lowest BCUT2D eigenvalue weighted by Crippen LogP contribution is -2.25. The topological polar surface area (TPSA) is 7.76 Å². The maximum atomic E-state index is 3.11. The number of aryl methyl sites for hydroxylation is 2. The van der Waals surface area contributed by atoms with Crippen molar-refractivity contribution in [2.45, 2.75) is 0 Å². The summed E-state index contributed by atoms with van der Waals surface area (Å²) in [6.07, 6.45) is 16.6. The molecular weight excluding hydrogens is 412 g/mol. The van der Waals surface area contributed by atoms with Crippen LogP contribution in [0.25, 0.3) is 24.3 Å². The summed E-state index contributed by atoms with van der Waals surface area (Å²) >= 11 is 0. The van der Waals surface area contributed by atoms with Crippen molar-refractivity contribution in [2.75, 3.05) is 0 Å². The van der Waals surface area contributed by atoms with Crippen molar-refractivity contribution >= 4 is 24.3 Å². The van der Waals surface area contributed by atoms with Crippen molar-refractivity contribution in [3.63, 3.8) is 0 Å². The van der Waals surface area contributed by atoms with Gasteiger partial charge >= 0.3 is 0 Å². The first-order valence-electron chi connectivity index (χ1n) is 11.1. The molecule has 0 aliphatic rings. The Kier molecular flexibility index (Phi) is 7.47. The third-order valence-electron chi connectivity index (χ3n) is 5.24. The van der Waals surface area contributed by atoms with Crippen molar-refractivity contribution in [2.24, 2.45) is 14.1 Å². The Morgan fingerprint density at radius 3 is 1.06 bits per heavy atom. The van der Waals surface area contributed by atoms with Gasteiger partial charge < -0.3 is 0 Å². The van der Waals surface area contributed by atoms with Crippen LogP contribution < -0.4 is 9.13 Å². The van der Waals surface area contributed by atoms with E-state index in [9.17, 15) is 0 Å². The molecule has 0 amide bonds. The van der Waals surface area contributed by atoms with Gasteiger partial charge in [-0.05, 0) is 58.4 Å². The minimum Gasteiger partial charge on any atom is -0.208 e. The first kappa shape index (κ1) is 22.5. The largest absolute Gasteiger partial charge is 0.208 e. The molecule has 0 radical (unpaired) electrons. The highest BCUT2D eigenvalue weighted by Crippen LogP contribution is 2.10. The van der Waals surface area contributed by atoms with Crippen molar-refractivity contribution in [1.82, 2.24) is 0 Å². The third kappa shape index (κ3) is 6.92. The van der Waals surface area contributed by atoms with Crippen molar-refractivity contribution in [1.29, 1.82) is 0 Å². The lowest BCUT2D eigenvalue weighted by atomic mass is 10.1. The minimum atomic E-state index is 0.952. The summed E-state index contributed by atoms with van der Waals surface area (Å²) in [7, 11) is 4.03. The Morgan fingerprint density at radius 1 is 0.441 bits per heavy atom. The predicted molar refractivity (Wildman–Crippen MR) is 140 cm³/mol. The average Bonchev–Trinajstić information content (AvgIpc) is 2.87. The zero-order valence-electron chi connectivity index (χ0n) is 19.4. The molecule has 0 aliphatic heterocycles. The van der Waals surface area contributed by atoms with E-state index in [0.29, 0.717) is 0 Å². The highest BCUT2D eigenvalue weighted by atomic mass is 14.9. The summed E-state index contributed by atoms with van der Waals surface area (Å²) in [5, 5.41) is 0. The Balaban J connectivity index is 1.33. The van der Waals surface area contributed by atoms with Crippen LogP contribution in [0.15, 0.2) is 97.6 Å². The van der Waals surface area contributed by atoms with Crippen molar-refractivity contribution < 1.29 is 9.13 Å². The highest BCUT2D eigenvalue weighted by Gasteiger charge is 1.94. The van der Waals surface area contributed by atoms with E-state index in [-0.39, 0.29) is 0 Å². The molecule has 0 aliphatic carbocycles. The second kappa shape index (κ2) is 11.3. The summed E-state index contributed by atoms with van der Waals surface area (Å²) in [4.78, 5) is 0. The number of nitrogens with zero attached hydrogens (tertiary/aromatic N) is 2. The van der Waals surface area contributed by atoms with Crippen LogP contribution in [0.3, 0.4) is 0 Å². The lowest BCUT2D eigenvalue weighted by Gasteiger charge is -1.95. The Bertz CT molecular complexity index is 1300. The molecule has 0 bridgehead atoms. The van der Waals surface area contributed by atoms with Gasteiger partial charge in [0.2, 0.25) is 0 Å². The number of hydrogen-bond donors (Lipinski definition) is 0. The van der Waals surface area contributed by atoms with Crippen LogP contribution in [-0.2, 0) is 14.1 Å². The molecule has 2 heteroatoms. The smallest absolute Gasteiger partial charge is 0.169 e. The van der Waals surface area contributed by atoms with Crippen LogP contribution in [0.4, 0.5) is 0 Å². The van der Waals surface area contributed by atoms with Crippen LogP contribution in [0.5, 0.6) is 0 Å². The first-order chi connectivity index (χ1) is 16.6. The highest BCUT2D eigenvalue weighted by molar-refractivity contribution is 5.70. The maximum Gasteiger partial charge on any atom is 0.169 e. The first-order valence-corrected chi connectivity index (χ1v) is 11.1. The van der Waals surface area contributed by atoms with Crippen LogP contribution in [-0.4, -0.2) is 0 Å². The van der Waals surface area contributed by atoms with Crippen molar-refractivity contribution in [3.05, 3.63) is 131 Å². The van der Waals surface area contributed by atoms with Gasteiger partial charge in [0.25, 0.3) is 0 Å². The minimum absolute atomic E-state index is 0.952. The molecule has 0 N–H and O–H groups in total. The van der Waals surface area contributed by atoms with Gasteiger partial charge in [-0.25, -0.2) is 9.13 Å². The van der Waals surface area contributed by atoms with Gasteiger partial charge in [0.15, 0.2) is 24.8 Å². The predicted octanol–water partition coefficient (Wildman–Crippen LogP) is 5.08. The fraction of sp³-hybridized carbons (Fsp3) is 0.0625. The SMILES string of the molecule is C[n+]1ccc(/C=C\c2ccc(C#CC#Cc3ccc(/C=C\c4cc[n+](C)cc4)cc3)cc2)cc1. The van der Waals surface area contributed by atoms with Crippen molar-refractivity contribution in [3.8, 4) is 23.7 Å². The molecule has 4 rings (SSSR count). The summed E-state index contributed by atoms with van der Waals surface area (Å²) in [5.74, 6) is 12.1. The van der Waals surface area contributed by atoms with Gasteiger partial charge in [0.05, 0.1) is 0 Å². The number of rotatable bonds is 4. The molecular formula is C32H26N2+2. The molecule has 162 valence electrons. The van der Waals surface area contributed by atoms with Crippen LogP contribution >= 0.6 is 0 Å². The zero-order chi connectivity index (χ0) is 23.6. The average molecular weight is 439 g/mol. The Morgan fingerprint density at radius 2 is 0.735 bits per heavy atom. The van der Waals surface area contributed by atoms with Gasteiger partial charge in [-0.2, -0.15) is 0 Å². The molecule has 2 aromatic carbocycles. The Labute approximate surface area is 202 Å². The normalized spacial score (nSPS) is 10.5. The number of pyridine rings is 2. The van der Waals surface area contributed by atoms with Gasteiger partial charge in [0.1, 0.15) is 14.1 Å². The second-order valence-electron chi connectivity index (χ2n) is 8.00. The van der Waals surface area contributed by atoms with Crippen LogP contribution in [0.2, 0.25) is 0 Å². The summed E-state index contributed by atoms with van der Waals surface area (Å²) in [6.45, 7) is 0.